The van der Waals surface area contributed by atoms with Crippen LogP contribution in [0, 0.1) is 5.82 Å². The minimum atomic E-state index is -0.807. The molecule has 2 aromatic carbocycles. The number of aromatic nitrogens is 2. The Morgan fingerprint density at radius 3 is 2.52 bits per heavy atom. The van der Waals surface area contributed by atoms with Crippen LogP contribution in [0.4, 0.5) is 10.1 Å². The van der Waals surface area contributed by atoms with Crippen molar-refractivity contribution >= 4 is 22.6 Å². The zero-order valence-corrected chi connectivity index (χ0v) is 11.9. The Balaban J connectivity index is 1.93. The molecular formula is C16H12FN3O3. The van der Waals surface area contributed by atoms with Gasteiger partial charge in [0.15, 0.2) is 0 Å². The summed E-state index contributed by atoms with van der Waals surface area (Å²) in [7, 11) is 0. The summed E-state index contributed by atoms with van der Waals surface area (Å²) in [5, 5.41) is 2.55. The van der Waals surface area contributed by atoms with Crippen molar-refractivity contribution in [3.05, 3.63) is 75.1 Å². The number of carbonyl (C=O) groups is 1. The first-order valence-electron chi connectivity index (χ1n) is 6.82. The highest BCUT2D eigenvalue weighted by Crippen LogP contribution is 2.10. The van der Waals surface area contributed by atoms with Crippen molar-refractivity contribution in [2.24, 2.45) is 0 Å². The minimum absolute atomic E-state index is 0.319. The number of anilines is 1. The molecule has 0 fully saturated rings. The van der Waals surface area contributed by atoms with E-state index in [1.807, 2.05) is 0 Å². The SMILES string of the molecule is O=C(Cn1c(=O)c(=O)[nH]c2ccccc21)Nc1ccc(F)cc1. The smallest absolute Gasteiger partial charge is 0.317 e. The Labute approximate surface area is 129 Å². The standard InChI is InChI=1S/C16H12FN3O3/c17-10-5-7-11(8-6-10)18-14(21)9-20-13-4-2-1-3-12(13)19-15(22)16(20)23/h1-8H,9H2,(H,18,21)(H,19,22). The Kier molecular flexibility index (Phi) is 3.76. The predicted octanol–water partition coefficient (Wildman–Crippen LogP) is 1.47. The van der Waals surface area contributed by atoms with Gasteiger partial charge in [-0.3, -0.25) is 19.0 Å². The molecule has 116 valence electrons. The van der Waals surface area contributed by atoms with Crippen molar-refractivity contribution in [3.8, 4) is 0 Å². The number of H-pyrrole nitrogens is 1. The lowest BCUT2D eigenvalue weighted by Gasteiger charge is -2.10. The third-order valence-corrected chi connectivity index (χ3v) is 3.31. The summed E-state index contributed by atoms with van der Waals surface area (Å²) in [6.07, 6.45) is 0. The maximum Gasteiger partial charge on any atom is 0.317 e. The third kappa shape index (κ3) is 3.03. The Hall–Kier alpha value is -3.22. The Bertz CT molecular complexity index is 990. The molecule has 0 aliphatic heterocycles. The summed E-state index contributed by atoms with van der Waals surface area (Å²) in [6, 6.07) is 11.9. The number of amides is 1. The van der Waals surface area contributed by atoms with Crippen LogP contribution in [-0.2, 0) is 11.3 Å². The molecule has 1 aromatic heterocycles. The number of nitrogens with one attached hydrogen (secondary N) is 2. The van der Waals surface area contributed by atoms with E-state index in [0.717, 1.165) is 4.57 Å². The molecule has 2 N–H and O–H groups in total. The highest BCUT2D eigenvalue weighted by atomic mass is 19.1. The first kappa shape index (κ1) is 14.7. The molecule has 1 amide bonds. The van der Waals surface area contributed by atoms with E-state index < -0.39 is 22.8 Å². The number of hydrogen-bond donors (Lipinski definition) is 2. The molecule has 0 spiro atoms. The zero-order valence-electron chi connectivity index (χ0n) is 11.9. The van der Waals surface area contributed by atoms with Crippen LogP contribution in [0.25, 0.3) is 11.0 Å². The summed E-state index contributed by atoms with van der Waals surface area (Å²) in [6.45, 7) is -0.319. The number of halogens is 1. The van der Waals surface area contributed by atoms with Gasteiger partial charge in [0.1, 0.15) is 12.4 Å². The number of carbonyl (C=O) groups excluding carboxylic acids is 1. The number of benzene rings is 2. The van der Waals surface area contributed by atoms with Crippen molar-refractivity contribution in [3.63, 3.8) is 0 Å². The molecule has 7 heteroatoms. The lowest BCUT2D eigenvalue weighted by molar-refractivity contribution is -0.116. The van der Waals surface area contributed by atoms with E-state index in [2.05, 4.69) is 10.3 Å². The van der Waals surface area contributed by atoms with Crippen LogP contribution < -0.4 is 16.4 Å². The molecule has 3 rings (SSSR count). The fourth-order valence-electron chi connectivity index (χ4n) is 2.26. The van der Waals surface area contributed by atoms with Crippen LogP contribution in [0.1, 0.15) is 0 Å². The number of nitrogens with zero attached hydrogens (tertiary/aromatic N) is 1. The van der Waals surface area contributed by atoms with Crippen LogP contribution in [0.3, 0.4) is 0 Å². The van der Waals surface area contributed by atoms with Crippen LogP contribution >= 0.6 is 0 Å². The molecule has 0 aliphatic carbocycles. The second kappa shape index (κ2) is 5.88. The van der Waals surface area contributed by atoms with Crippen molar-refractivity contribution < 1.29 is 9.18 Å². The highest BCUT2D eigenvalue weighted by molar-refractivity contribution is 5.91. The van der Waals surface area contributed by atoms with Crippen LogP contribution in [0.5, 0.6) is 0 Å². The van der Waals surface area contributed by atoms with Gasteiger partial charge in [-0.15, -0.1) is 0 Å². The van der Waals surface area contributed by atoms with E-state index >= 15 is 0 Å². The molecule has 6 nitrogen and oxygen atoms in total. The topological polar surface area (TPSA) is 84.0 Å². The van der Waals surface area contributed by atoms with Crippen molar-refractivity contribution in [1.82, 2.24) is 9.55 Å². The first-order chi connectivity index (χ1) is 11.0. The fraction of sp³-hybridized carbons (Fsp3) is 0.0625. The fourth-order valence-corrected chi connectivity index (χ4v) is 2.26. The average Bonchev–Trinajstić information content (AvgIpc) is 2.54. The number of fused-ring (bicyclic) bond motifs is 1. The quantitative estimate of drug-likeness (QED) is 0.718. The van der Waals surface area contributed by atoms with Gasteiger partial charge in [0, 0.05) is 5.69 Å². The van der Waals surface area contributed by atoms with E-state index in [9.17, 15) is 18.8 Å². The number of para-hydroxylation sites is 2. The number of rotatable bonds is 3. The van der Waals surface area contributed by atoms with Gasteiger partial charge in [-0.2, -0.15) is 0 Å². The van der Waals surface area contributed by atoms with E-state index in [-0.39, 0.29) is 6.54 Å². The highest BCUT2D eigenvalue weighted by Gasteiger charge is 2.11. The van der Waals surface area contributed by atoms with Crippen LogP contribution in [-0.4, -0.2) is 15.5 Å². The summed E-state index contributed by atoms with van der Waals surface area (Å²) in [5.41, 5.74) is -0.284. The molecule has 0 saturated carbocycles. The maximum atomic E-state index is 12.8. The molecule has 1 heterocycles. The first-order valence-corrected chi connectivity index (χ1v) is 6.82. The third-order valence-electron chi connectivity index (χ3n) is 3.31. The summed E-state index contributed by atoms with van der Waals surface area (Å²) in [4.78, 5) is 38.2. The van der Waals surface area contributed by atoms with Crippen molar-refractivity contribution in [1.29, 1.82) is 0 Å². The lowest BCUT2D eigenvalue weighted by atomic mass is 10.3. The van der Waals surface area contributed by atoms with Gasteiger partial charge in [0.05, 0.1) is 11.0 Å². The lowest BCUT2D eigenvalue weighted by Crippen LogP contribution is -2.38. The van der Waals surface area contributed by atoms with Crippen molar-refractivity contribution in [2.45, 2.75) is 6.54 Å². The monoisotopic (exact) mass is 313 g/mol. The molecule has 3 aromatic rings. The van der Waals surface area contributed by atoms with E-state index in [1.54, 1.807) is 24.3 Å². The van der Waals surface area contributed by atoms with Gasteiger partial charge >= 0.3 is 11.1 Å². The molecule has 0 aliphatic rings. The normalized spacial score (nSPS) is 10.7. The second-order valence-corrected chi connectivity index (χ2v) is 4.92. The van der Waals surface area contributed by atoms with Gasteiger partial charge < -0.3 is 10.3 Å². The summed E-state index contributed by atoms with van der Waals surface area (Å²) in [5.74, 6) is -0.908. The second-order valence-electron chi connectivity index (χ2n) is 4.92. The molecule has 0 atom stereocenters. The molecule has 0 radical (unpaired) electrons. The molecule has 0 saturated heterocycles. The van der Waals surface area contributed by atoms with Crippen LogP contribution in [0.2, 0.25) is 0 Å². The number of hydrogen-bond acceptors (Lipinski definition) is 3. The average molecular weight is 313 g/mol. The molecule has 0 bridgehead atoms. The Morgan fingerprint density at radius 2 is 1.78 bits per heavy atom. The van der Waals surface area contributed by atoms with Gasteiger partial charge in [-0.1, -0.05) is 12.1 Å². The van der Waals surface area contributed by atoms with Crippen molar-refractivity contribution in [2.75, 3.05) is 5.32 Å². The van der Waals surface area contributed by atoms with Crippen LogP contribution in [0.15, 0.2) is 58.1 Å². The van der Waals surface area contributed by atoms with Gasteiger partial charge in [-0.25, -0.2) is 4.39 Å². The summed E-state index contributed by atoms with van der Waals surface area (Å²) < 4.78 is 14.0. The van der Waals surface area contributed by atoms with Gasteiger partial charge in [-0.05, 0) is 36.4 Å². The molecule has 0 unspecified atom stereocenters. The Morgan fingerprint density at radius 1 is 1.09 bits per heavy atom. The van der Waals surface area contributed by atoms with Gasteiger partial charge in [0.2, 0.25) is 5.91 Å². The maximum absolute atomic E-state index is 12.8. The molecule has 23 heavy (non-hydrogen) atoms. The molecular weight excluding hydrogens is 301 g/mol. The predicted molar refractivity (Wildman–Crippen MR) is 83.9 cm³/mol. The zero-order chi connectivity index (χ0) is 16.4. The summed E-state index contributed by atoms with van der Waals surface area (Å²) >= 11 is 0. The van der Waals surface area contributed by atoms with E-state index in [4.69, 9.17) is 0 Å². The van der Waals surface area contributed by atoms with E-state index in [1.165, 1.54) is 24.3 Å². The van der Waals surface area contributed by atoms with E-state index in [0.29, 0.717) is 16.7 Å². The minimum Gasteiger partial charge on any atom is -0.325 e. The van der Waals surface area contributed by atoms with Gasteiger partial charge in [0.25, 0.3) is 0 Å². The largest absolute Gasteiger partial charge is 0.325 e. The number of aromatic amines is 1.